The quantitative estimate of drug-likeness (QED) is 0.707. The zero-order valence-corrected chi connectivity index (χ0v) is 16.6. The van der Waals surface area contributed by atoms with Gasteiger partial charge in [0.25, 0.3) is 0 Å². The van der Waals surface area contributed by atoms with Crippen LogP contribution in [0.15, 0.2) is 12.1 Å². The minimum absolute atomic E-state index is 0.0974. The van der Waals surface area contributed by atoms with E-state index in [1.54, 1.807) is 11.3 Å². The highest BCUT2D eigenvalue weighted by Gasteiger charge is 2.28. The second-order valence-corrected chi connectivity index (χ2v) is 9.27. The highest BCUT2D eigenvalue weighted by atomic mass is 35.5. The monoisotopic (exact) mass is 372 g/mol. The first-order valence-electron chi connectivity index (χ1n) is 8.75. The molecule has 0 spiro atoms. The summed E-state index contributed by atoms with van der Waals surface area (Å²) >= 11 is 7.65. The fourth-order valence-electron chi connectivity index (χ4n) is 3.10. The highest BCUT2D eigenvalue weighted by molar-refractivity contribution is 7.16. The van der Waals surface area contributed by atoms with Crippen LogP contribution in [0.1, 0.15) is 70.7 Å². The molecular weight excluding hydrogens is 344 g/mol. The second-order valence-electron chi connectivity index (χ2n) is 7.53. The predicted octanol–water partition coefficient (Wildman–Crippen LogP) is 5.28. The van der Waals surface area contributed by atoms with Crippen LogP contribution in [0, 0.1) is 0 Å². The lowest BCUT2D eigenvalue weighted by Crippen LogP contribution is -2.51. The molecule has 136 valence electrons. The van der Waals surface area contributed by atoms with Crippen LogP contribution in [-0.4, -0.2) is 23.8 Å². The normalized spacial score (nSPS) is 23.4. The average molecular weight is 373 g/mol. The van der Waals surface area contributed by atoms with Gasteiger partial charge in [0, 0.05) is 23.0 Å². The molecule has 1 fully saturated rings. The van der Waals surface area contributed by atoms with E-state index < -0.39 is 5.60 Å². The van der Waals surface area contributed by atoms with Gasteiger partial charge in [-0.2, -0.15) is 0 Å². The number of halogens is 1. The minimum atomic E-state index is -0.473. The third-order valence-electron chi connectivity index (χ3n) is 4.20. The smallest absolute Gasteiger partial charge is 0.407 e. The SMILES string of the molecule is CC(NC1CCCCCC1NC(=O)OC(C)(C)C)c1ccc(Cl)s1. The molecule has 3 atom stereocenters. The van der Waals surface area contributed by atoms with Crippen molar-refractivity contribution in [3.63, 3.8) is 0 Å². The van der Waals surface area contributed by atoms with Crippen molar-refractivity contribution >= 4 is 29.0 Å². The first-order chi connectivity index (χ1) is 11.2. The fraction of sp³-hybridized carbons (Fsp3) is 0.722. The number of thiophene rings is 1. The van der Waals surface area contributed by atoms with Crippen molar-refractivity contribution in [1.82, 2.24) is 10.6 Å². The number of rotatable bonds is 4. The summed E-state index contributed by atoms with van der Waals surface area (Å²) in [5.74, 6) is 0. The Balaban J connectivity index is 1.99. The molecule has 0 saturated heterocycles. The van der Waals surface area contributed by atoms with Gasteiger partial charge >= 0.3 is 6.09 Å². The van der Waals surface area contributed by atoms with Gasteiger partial charge in [-0.25, -0.2) is 4.79 Å². The predicted molar refractivity (Wildman–Crippen MR) is 101 cm³/mol. The average Bonchev–Trinajstić information content (AvgIpc) is 2.78. The fourth-order valence-corrected chi connectivity index (χ4v) is 4.18. The van der Waals surface area contributed by atoms with E-state index in [1.807, 2.05) is 26.8 Å². The lowest BCUT2D eigenvalue weighted by molar-refractivity contribution is 0.0488. The maximum absolute atomic E-state index is 12.2. The van der Waals surface area contributed by atoms with Gasteiger partial charge in [0.2, 0.25) is 0 Å². The van der Waals surface area contributed by atoms with Crippen molar-refractivity contribution in [2.75, 3.05) is 0 Å². The summed E-state index contributed by atoms with van der Waals surface area (Å²) in [6, 6.07) is 4.56. The molecule has 1 aliphatic rings. The number of ether oxygens (including phenoxy) is 1. The molecule has 1 amide bonds. The van der Waals surface area contributed by atoms with Crippen molar-refractivity contribution < 1.29 is 9.53 Å². The van der Waals surface area contributed by atoms with Crippen LogP contribution in [0.2, 0.25) is 4.34 Å². The second kappa shape index (κ2) is 8.54. The number of hydrogen-bond donors (Lipinski definition) is 2. The third kappa shape index (κ3) is 6.26. The maximum Gasteiger partial charge on any atom is 0.407 e. The van der Waals surface area contributed by atoms with Crippen LogP contribution in [0.5, 0.6) is 0 Å². The van der Waals surface area contributed by atoms with Crippen molar-refractivity contribution in [3.8, 4) is 0 Å². The number of nitrogens with one attached hydrogen (secondary N) is 2. The molecule has 0 aromatic carbocycles. The Morgan fingerprint density at radius 2 is 1.92 bits per heavy atom. The first kappa shape index (κ1) is 19.5. The molecule has 0 aliphatic heterocycles. The van der Waals surface area contributed by atoms with Crippen LogP contribution in [0.4, 0.5) is 4.79 Å². The Hall–Kier alpha value is -0.780. The van der Waals surface area contributed by atoms with Crippen molar-refractivity contribution in [1.29, 1.82) is 0 Å². The lowest BCUT2D eigenvalue weighted by Gasteiger charge is -2.30. The van der Waals surface area contributed by atoms with E-state index in [0.717, 1.165) is 23.6 Å². The minimum Gasteiger partial charge on any atom is -0.444 e. The Bertz CT molecular complexity index is 541. The molecule has 1 heterocycles. The Morgan fingerprint density at radius 1 is 1.25 bits per heavy atom. The van der Waals surface area contributed by atoms with Gasteiger partial charge in [-0.1, -0.05) is 30.9 Å². The number of alkyl carbamates (subject to hydrolysis) is 1. The molecule has 0 bridgehead atoms. The summed E-state index contributed by atoms with van der Waals surface area (Å²) < 4.78 is 6.24. The highest BCUT2D eigenvalue weighted by Crippen LogP contribution is 2.28. The zero-order valence-electron chi connectivity index (χ0n) is 15.0. The van der Waals surface area contributed by atoms with Crippen molar-refractivity contribution in [2.24, 2.45) is 0 Å². The van der Waals surface area contributed by atoms with E-state index in [-0.39, 0.29) is 24.2 Å². The van der Waals surface area contributed by atoms with E-state index in [2.05, 4.69) is 23.6 Å². The van der Waals surface area contributed by atoms with Crippen molar-refractivity contribution in [3.05, 3.63) is 21.3 Å². The van der Waals surface area contributed by atoms with Gasteiger partial charge < -0.3 is 15.4 Å². The summed E-state index contributed by atoms with van der Waals surface area (Å²) in [5.41, 5.74) is -0.473. The third-order valence-corrected chi connectivity index (χ3v) is 5.62. The summed E-state index contributed by atoms with van der Waals surface area (Å²) in [6.45, 7) is 7.81. The van der Waals surface area contributed by atoms with E-state index >= 15 is 0 Å². The first-order valence-corrected chi connectivity index (χ1v) is 9.95. The largest absolute Gasteiger partial charge is 0.444 e. The molecule has 2 rings (SSSR count). The Labute approximate surface area is 154 Å². The lowest BCUT2D eigenvalue weighted by atomic mass is 10.0. The molecule has 4 nitrogen and oxygen atoms in total. The van der Waals surface area contributed by atoms with Crippen LogP contribution in [-0.2, 0) is 4.74 Å². The molecule has 6 heteroatoms. The molecule has 1 aromatic heterocycles. The van der Waals surface area contributed by atoms with Crippen LogP contribution >= 0.6 is 22.9 Å². The molecule has 2 N–H and O–H groups in total. The van der Waals surface area contributed by atoms with Crippen LogP contribution in [0.3, 0.4) is 0 Å². The Morgan fingerprint density at radius 3 is 2.50 bits per heavy atom. The molecule has 0 radical (unpaired) electrons. The number of carbonyl (C=O) groups excluding carboxylic acids is 1. The molecule has 1 aliphatic carbocycles. The molecule has 24 heavy (non-hydrogen) atoms. The summed E-state index contributed by atoms with van der Waals surface area (Å²) in [5, 5.41) is 6.77. The molecule has 3 unspecified atom stereocenters. The van der Waals surface area contributed by atoms with Gasteiger partial charge in [-0.15, -0.1) is 11.3 Å². The number of carbonyl (C=O) groups is 1. The van der Waals surface area contributed by atoms with Crippen LogP contribution in [0.25, 0.3) is 0 Å². The standard InChI is InChI=1S/C18H29ClN2O2S/c1-12(15-10-11-16(19)24-15)20-13-8-6-5-7-9-14(13)21-17(22)23-18(2,3)4/h10-14,20H,5-9H2,1-4H3,(H,21,22). The summed E-state index contributed by atoms with van der Waals surface area (Å²) in [4.78, 5) is 13.4. The van der Waals surface area contributed by atoms with Gasteiger partial charge in [-0.05, 0) is 52.7 Å². The van der Waals surface area contributed by atoms with Crippen LogP contribution < -0.4 is 10.6 Å². The number of hydrogen-bond acceptors (Lipinski definition) is 4. The Kier molecular flexibility index (Phi) is 6.96. The van der Waals surface area contributed by atoms with Gasteiger partial charge in [-0.3, -0.25) is 0 Å². The van der Waals surface area contributed by atoms with E-state index in [4.69, 9.17) is 16.3 Å². The number of amides is 1. The van der Waals surface area contributed by atoms with E-state index in [9.17, 15) is 4.79 Å². The van der Waals surface area contributed by atoms with Gasteiger partial charge in [0.15, 0.2) is 0 Å². The van der Waals surface area contributed by atoms with Crippen molar-refractivity contribution in [2.45, 2.75) is 83.5 Å². The van der Waals surface area contributed by atoms with E-state index in [1.165, 1.54) is 17.7 Å². The van der Waals surface area contributed by atoms with Gasteiger partial charge in [0.05, 0.1) is 4.34 Å². The topological polar surface area (TPSA) is 50.4 Å². The van der Waals surface area contributed by atoms with Gasteiger partial charge in [0.1, 0.15) is 5.60 Å². The summed E-state index contributed by atoms with van der Waals surface area (Å²) in [7, 11) is 0. The molecular formula is C18H29ClN2O2S. The molecule has 1 saturated carbocycles. The molecule has 1 aromatic rings. The zero-order chi connectivity index (χ0) is 17.7. The summed E-state index contributed by atoms with van der Waals surface area (Å²) in [6.07, 6.45) is 5.25. The maximum atomic E-state index is 12.2. The van der Waals surface area contributed by atoms with E-state index in [0.29, 0.717) is 0 Å².